The van der Waals surface area contributed by atoms with Crippen LogP contribution < -0.4 is 0 Å². The summed E-state index contributed by atoms with van der Waals surface area (Å²) in [4.78, 5) is 0. The van der Waals surface area contributed by atoms with Gasteiger partial charge in [0.25, 0.3) is 0 Å². The Labute approximate surface area is 224 Å². The van der Waals surface area contributed by atoms with E-state index in [0.717, 1.165) is 22.9 Å². The van der Waals surface area contributed by atoms with E-state index in [9.17, 15) is 0 Å². The average molecular weight is 510 g/mol. The van der Waals surface area contributed by atoms with Crippen LogP contribution in [0.5, 0.6) is 0 Å². The molecule has 1 saturated carbocycles. The zero-order valence-electron chi connectivity index (χ0n) is 20.8. The average Bonchev–Trinajstić information content (AvgIpc) is 3.13. The molecule has 2 unspecified atom stereocenters. The van der Waals surface area contributed by atoms with Gasteiger partial charge in [0.1, 0.15) is 0 Å². The third-order valence-corrected chi connectivity index (χ3v) is 8.98. The van der Waals surface area contributed by atoms with Gasteiger partial charge < -0.3 is 0 Å². The van der Waals surface area contributed by atoms with E-state index < -0.39 is 0 Å². The Morgan fingerprint density at radius 1 is 0.667 bits per heavy atom. The lowest BCUT2D eigenvalue weighted by atomic mass is 9.62. The Morgan fingerprint density at radius 3 is 1.56 bits per heavy atom. The molecule has 0 aliphatic heterocycles. The second kappa shape index (κ2) is 8.94. The summed E-state index contributed by atoms with van der Waals surface area (Å²) < 4.78 is 0. The van der Waals surface area contributed by atoms with E-state index in [0.29, 0.717) is 11.8 Å². The second-order valence-electron chi connectivity index (χ2n) is 10.9. The fourth-order valence-corrected chi connectivity index (χ4v) is 6.92. The molecule has 0 bridgehead atoms. The van der Waals surface area contributed by atoms with Crippen LogP contribution in [0.3, 0.4) is 0 Å². The van der Waals surface area contributed by atoms with Gasteiger partial charge in [0.05, 0.1) is 0 Å². The number of halogens is 2. The number of rotatable bonds is 3. The van der Waals surface area contributed by atoms with Crippen molar-refractivity contribution in [2.24, 2.45) is 11.8 Å². The van der Waals surface area contributed by atoms with Gasteiger partial charge in [0.15, 0.2) is 0 Å². The Balaban J connectivity index is 1.54. The standard InChI is InChI=1S/C34H30Cl2/c1-21-16-22(2)18-27(17-21)34(3)32-19-25(23-4-10-28(35)11-5-23)8-14-30(32)31-15-9-26(20-33(31)34)24-6-12-29(36)13-7-24/h4-15,19-20,22,27H,1,16-18H2,2-3H3. The predicted octanol–water partition coefficient (Wildman–Crippen LogP) is 10.6. The van der Waals surface area contributed by atoms with Gasteiger partial charge in [-0.15, -0.1) is 0 Å². The van der Waals surface area contributed by atoms with Gasteiger partial charge >= 0.3 is 0 Å². The first-order valence-corrected chi connectivity index (χ1v) is 13.6. The summed E-state index contributed by atoms with van der Waals surface area (Å²) in [5.41, 5.74) is 11.8. The van der Waals surface area contributed by atoms with Gasteiger partial charge in [-0.05, 0) is 112 Å². The highest BCUT2D eigenvalue weighted by atomic mass is 35.5. The van der Waals surface area contributed by atoms with Crippen LogP contribution in [-0.2, 0) is 5.41 Å². The van der Waals surface area contributed by atoms with Crippen molar-refractivity contribution in [1.29, 1.82) is 0 Å². The van der Waals surface area contributed by atoms with Crippen molar-refractivity contribution in [2.75, 3.05) is 0 Å². The molecule has 1 fully saturated rings. The molecule has 4 aromatic carbocycles. The summed E-state index contributed by atoms with van der Waals surface area (Å²) in [5.74, 6) is 1.16. The van der Waals surface area contributed by atoms with Gasteiger partial charge in [-0.25, -0.2) is 0 Å². The van der Waals surface area contributed by atoms with Crippen LogP contribution in [0.1, 0.15) is 44.2 Å². The fourth-order valence-electron chi connectivity index (χ4n) is 6.66. The summed E-state index contributed by atoms with van der Waals surface area (Å²) in [6, 6.07) is 30.4. The minimum atomic E-state index is -0.0901. The molecule has 2 aliphatic rings. The van der Waals surface area contributed by atoms with E-state index in [2.05, 4.69) is 81.1 Å². The van der Waals surface area contributed by atoms with Crippen molar-refractivity contribution in [3.63, 3.8) is 0 Å². The maximum atomic E-state index is 6.19. The third kappa shape index (κ3) is 3.92. The van der Waals surface area contributed by atoms with E-state index >= 15 is 0 Å². The Morgan fingerprint density at radius 2 is 1.11 bits per heavy atom. The number of hydrogen-bond donors (Lipinski definition) is 0. The molecule has 0 nitrogen and oxygen atoms in total. The minimum absolute atomic E-state index is 0.0901. The first-order valence-electron chi connectivity index (χ1n) is 12.8. The van der Waals surface area contributed by atoms with Crippen LogP contribution in [-0.4, -0.2) is 0 Å². The third-order valence-electron chi connectivity index (χ3n) is 8.48. The first kappa shape index (κ1) is 23.6. The highest BCUT2D eigenvalue weighted by Crippen LogP contribution is 2.57. The second-order valence-corrected chi connectivity index (χ2v) is 11.8. The van der Waals surface area contributed by atoms with E-state index in [-0.39, 0.29) is 5.41 Å². The summed E-state index contributed by atoms with van der Waals surface area (Å²) >= 11 is 12.4. The molecular weight excluding hydrogens is 479 g/mol. The monoisotopic (exact) mass is 508 g/mol. The molecule has 0 spiro atoms. The van der Waals surface area contributed by atoms with Gasteiger partial charge in [0, 0.05) is 15.5 Å². The van der Waals surface area contributed by atoms with Gasteiger partial charge in [-0.1, -0.05) is 97.7 Å². The van der Waals surface area contributed by atoms with Crippen LogP contribution in [0.15, 0.2) is 97.1 Å². The Bertz CT molecular complexity index is 1370. The molecule has 2 atom stereocenters. The molecule has 0 heterocycles. The Kier molecular flexibility index (Phi) is 5.86. The van der Waals surface area contributed by atoms with Crippen molar-refractivity contribution >= 4 is 23.2 Å². The Hall–Kier alpha value is -2.80. The molecule has 0 N–H and O–H groups in total. The van der Waals surface area contributed by atoms with Crippen molar-refractivity contribution in [2.45, 2.75) is 38.5 Å². The fraction of sp³-hybridized carbons (Fsp3) is 0.235. The van der Waals surface area contributed by atoms with Gasteiger partial charge in [-0.3, -0.25) is 0 Å². The van der Waals surface area contributed by atoms with E-state index in [4.69, 9.17) is 23.2 Å². The van der Waals surface area contributed by atoms with Gasteiger partial charge in [-0.2, -0.15) is 0 Å². The van der Waals surface area contributed by atoms with E-state index in [1.165, 1.54) is 56.5 Å². The largest absolute Gasteiger partial charge is 0.0998 e. The topological polar surface area (TPSA) is 0 Å². The van der Waals surface area contributed by atoms with Crippen LogP contribution in [0.2, 0.25) is 10.0 Å². The maximum absolute atomic E-state index is 6.19. The van der Waals surface area contributed by atoms with E-state index in [1.54, 1.807) is 0 Å². The number of allylic oxidation sites excluding steroid dienone is 1. The van der Waals surface area contributed by atoms with Crippen molar-refractivity contribution < 1.29 is 0 Å². The summed E-state index contributed by atoms with van der Waals surface area (Å²) in [6.45, 7) is 9.31. The summed E-state index contributed by atoms with van der Waals surface area (Å²) in [6.07, 6.45) is 3.43. The number of hydrogen-bond acceptors (Lipinski definition) is 0. The molecule has 4 aromatic rings. The van der Waals surface area contributed by atoms with Crippen LogP contribution in [0, 0.1) is 11.8 Å². The molecule has 180 valence electrons. The number of benzene rings is 4. The molecule has 0 radical (unpaired) electrons. The quantitative estimate of drug-likeness (QED) is 0.241. The smallest absolute Gasteiger partial charge is 0.0406 e. The highest BCUT2D eigenvalue weighted by Gasteiger charge is 2.46. The summed E-state index contributed by atoms with van der Waals surface area (Å²) in [7, 11) is 0. The van der Waals surface area contributed by atoms with Crippen molar-refractivity contribution in [3.8, 4) is 33.4 Å². The zero-order chi connectivity index (χ0) is 25.0. The van der Waals surface area contributed by atoms with Crippen LogP contribution in [0.25, 0.3) is 33.4 Å². The lowest BCUT2D eigenvalue weighted by Gasteiger charge is -2.42. The molecule has 2 aliphatic carbocycles. The molecule has 6 rings (SSSR count). The molecule has 0 amide bonds. The van der Waals surface area contributed by atoms with E-state index in [1.807, 2.05) is 24.3 Å². The molecule has 0 aromatic heterocycles. The zero-order valence-corrected chi connectivity index (χ0v) is 22.3. The molecule has 2 heteroatoms. The lowest BCUT2D eigenvalue weighted by molar-refractivity contribution is 0.249. The highest BCUT2D eigenvalue weighted by molar-refractivity contribution is 6.30. The molecule has 36 heavy (non-hydrogen) atoms. The maximum Gasteiger partial charge on any atom is 0.0406 e. The normalized spacial score (nSPS) is 20.2. The summed E-state index contributed by atoms with van der Waals surface area (Å²) in [5, 5.41) is 1.53. The SMILES string of the molecule is C=C1CC(C)CC(C2(C)c3cc(-c4ccc(Cl)cc4)ccc3-c3ccc(-c4ccc(Cl)cc4)cc32)C1. The predicted molar refractivity (Wildman–Crippen MR) is 155 cm³/mol. The first-order chi connectivity index (χ1) is 17.3. The van der Waals surface area contributed by atoms with Crippen LogP contribution >= 0.6 is 23.2 Å². The minimum Gasteiger partial charge on any atom is -0.0998 e. The van der Waals surface area contributed by atoms with Crippen LogP contribution in [0.4, 0.5) is 0 Å². The van der Waals surface area contributed by atoms with Gasteiger partial charge in [0.2, 0.25) is 0 Å². The molecular formula is C34H30Cl2. The lowest BCUT2D eigenvalue weighted by Crippen LogP contribution is -2.35. The molecule has 0 saturated heterocycles. The number of fused-ring (bicyclic) bond motifs is 3. The van der Waals surface area contributed by atoms with Crippen molar-refractivity contribution in [1.82, 2.24) is 0 Å². The van der Waals surface area contributed by atoms with Crippen molar-refractivity contribution in [3.05, 3.63) is 118 Å².